The molecule has 4 nitrogen and oxygen atoms in total. The van der Waals surface area contributed by atoms with Crippen molar-refractivity contribution in [2.75, 3.05) is 0 Å². The molecule has 0 atom stereocenters. The molecule has 0 unspecified atom stereocenters. The van der Waals surface area contributed by atoms with Gasteiger partial charge in [0.05, 0.1) is 0 Å². The molecule has 0 aliphatic carbocycles. The van der Waals surface area contributed by atoms with Crippen LogP contribution in [0.1, 0.15) is 28.0 Å². The maximum Gasteiger partial charge on any atom is 0.237 e. The number of phenols is 1. The van der Waals surface area contributed by atoms with Crippen LogP contribution in [-0.2, 0) is 0 Å². The number of hydrogen-bond acceptors (Lipinski definition) is 4. The number of phenolic OH excluding ortho intramolecular Hbond substituents is 1. The molecule has 0 bridgehead atoms. The molecule has 1 N–H and O–H groups in total. The molecule has 0 spiro atoms. The highest BCUT2D eigenvalue weighted by molar-refractivity contribution is 5.85. The normalized spacial score (nSPS) is 10.8. The first-order valence-electron chi connectivity index (χ1n) is 5.86. The minimum atomic E-state index is 0.146. The molecule has 96 valence electrons. The van der Waals surface area contributed by atoms with Crippen molar-refractivity contribution in [3.63, 3.8) is 0 Å². The zero-order chi connectivity index (χ0) is 14.0. The minimum absolute atomic E-state index is 0.146. The summed E-state index contributed by atoms with van der Waals surface area (Å²) in [6.07, 6.45) is 1.50. The number of furan rings is 1. The molecule has 0 saturated heterocycles. The zero-order valence-electron chi connectivity index (χ0n) is 11.1. The van der Waals surface area contributed by atoms with Gasteiger partial charge in [0.15, 0.2) is 0 Å². The van der Waals surface area contributed by atoms with Gasteiger partial charge in [0.2, 0.25) is 5.88 Å². The zero-order valence-corrected chi connectivity index (χ0v) is 11.1. The second-order valence-corrected chi connectivity index (χ2v) is 4.40. The topological polar surface area (TPSA) is 69.5 Å². The quantitative estimate of drug-likeness (QED) is 0.833. The van der Waals surface area contributed by atoms with E-state index in [1.807, 2.05) is 26.0 Å². The first-order valence-corrected chi connectivity index (χ1v) is 5.86. The Kier molecular flexibility index (Phi) is 3.39. The predicted molar refractivity (Wildman–Crippen MR) is 73.0 cm³/mol. The van der Waals surface area contributed by atoms with Gasteiger partial charge in [0, 0.05) is 17.3 Å². The number of nitrogens with zero attached hydrogens (tertiary/aromatic N) is 2. The smallest absolute Gasteiger partial charge is 0.237 e. The van der Waals surface area contributed by atoms with Crippen molar-refractivity contribution in [1.82, 2.24) is 0 Å². The van der Waals surface area contributed by atoms with Gasteiger partial charge >= 0.3 is 0 Å². The minimum Gasteiger partial charge on any atom is -0.507 e. The Morgan fingerprint density at radius 2 is 2.05 bits per heavy atom. The third-order valence-electron chi connectivity index (χ3n) is 2.98. The van der Waals surface area contributed by atoms with Crippen LogP contribution in [0.5, 0.6) is 5.75 Å². The van der Waals surface area contributed by atoms with Gasteiger partial charge in [-0.2, -0.15) is 5.26 Å². The molecule has 0 saturated carbocycles. The number of hydrogen-bond donors (Lipinski definition) is 1. The van der Waals surface area contributed by atoms with Crippen LogP contribution >= 0.6 is 0 Å². The standard InChI is InChI=1S/C15H14N2O2/c1-9-4-5-14(18)12(6-9)8-17-15-13(7-16)10(2)11(3)19-15/h4-6,8,18H,1-3H3/b17-8+. The molecule has 1 aromatic carbocycles. The van der Waals surface area contributed by atoms with Gasteiger partial charge in [-0.25, -0.2) is 4.99 Å². The largest absolute Gasteiger partial charge is 0.507 e. The second kappa shape index (κ2) is 4.99. The Hall–Kier alpha value is -2.54. The van der Waals surface area contributed by atoms with Gasteiger partial charge in [-0.15, -0.1) is 0 Å². The fourth-order valence-electron chi connectivity index (χ4n) is 1.74. The summed E-state index contributed by atoms with van der Waals surface area (Å²) in [7, 11) is 0. The van der Waals surface area contributed by atoms with Crippen molar-refractivity contribution < 1.29 is 9.52 Å². The summed E-state index contributed by atoms with van der Waals surface area (Å²) in [4.78, 5) is 4.16. The highest BCUT2D eigenvalue weighted by atomic mass is 16.4. The number of aryl methyl sites for hydroxylation is 2. The van der Waals surface area contributed by atoms with E-state index in [0.717, 1.165) is 11.1 Å². The number of aromatic hydroxyl groups is 1. The lowest BCUT2D eigenvalue weighted by atomic mass is 10.1. The Labute approximate surface area is 111 Å². The Morgan fingerprint density at radius 1 is 1.32 bits per heavy atom. The van der Waals surface area contributed by atoms with Crippen LogP contribution in [0, 0.1) is 32.1 Å². The summed E-state index contributed by atoms with van der Waals surface area (Å²) in [6.45, 7) is 5.54. The summed E-state index contributed by atoms with van der Waals surface area (Å²) in [5.74, 6) is 1.10. The van der Waals surface area contributed by atoms with E-state index >= 15 is 0 Å². The summed E-state index contributed by atoms with van der Waals surface area (Å²) < 4.78 is 5.43. The third kappa shape index (κ3) is 2.50. The van der Waals surface area contributed by atoms with Crippen LogP contribution in [0.3, 0.4) is 0 Å². The lowest BCUT2D eigenvalue weighted by molar-refractivity contribution is 0.474. The molecule has 0 fully saturated rings. The molecule has 19 heavy (non-hydrogen) atoms. The first-order chi connectivity index (χ1) is 9.02. The van der Waals surface area contributed by atoms with Crippen molar-refractivity contribution in [3.05, 3.63) is 46.2 Å². The van der Waals surface area contributed by atoms with Gasteiger partial charge in [-0.3, -0.25) is 0 Å². The number of aliphatic imine (C=N–C) groups is 1. The van der Waals surface area contributed by atoms with Crippen molar-refractivity contribution in [3.8, 4) is 11.8 Å². The highest BCUT2D eigenvalue weighted by Gasteiger charge is 2.13. The van der Waals surface area contributed by atoms with E-state index < -0.39 is 0 Å². The van der Waals surface area contributed by atoms with Gasteiger partial charge in [-0.05, 0) is 32.9 Å². The monoisotopic (exact) mass is 254 g/mol. The van der Waals surface area contributed by atoms with E-state index in [0.29, 0.717) is 16.9 Å². The molecule has 0 aliphatic rings. The van der Waals surface area contributed by atoms with Gasteiger partial charge in [0.1, 0.15) is 23.1 Å². The van der Waals surface area contributed by atoms with Crippen LogP contribution < -0.4 is 0 Å². The van der Waals surface area contributed by atoms with E-state index in [4.69, 9.17) is 9.68 Å². The van der Waals surface area contributed by atoms with Crippen molar-refractivity contribution in [2.45, 2.75) is 20.8 Å². The Bertz CT molecular complexity index is 691. The van der Waals surface area contributed by atoms with Crippen LogP contribution in [0.25, 0.3) is 0 Å². The molecule has 2 aromatic rings. The molecule has 1 aromatic heterocycles. The number of benzene rings is 1. The van der Waals surface area contributed by atoms with Crippen LogP contribution in [0.2, 0.25) is 0 Å². The Morgan fingerprint density at radius 3 is 2.74 bits per heavy atom. The first kappa shape index (κ1) is 12.9. The second-order valence-electron chi connectivity index (χ2n) is 4.40. The van der Waals surface area contributed by atoms with E-state index in [2.05, 4.69) is 11.1 Å². The summed E-state index contributed by atoms with van der Waals surface area (Å²) >= 11 is 0. The molecule has 0 aliphatic heterocycles. The number of nitriles is 1. The molecular weight excluding hydrogens is 240 g/mol. The van der Waals surface area contributed by atoms with E-state index in [1.54, 1.807) is 13.0 Å². The van der Waals surface area contributed by atoms with Crippen molar-refractivity contribution >= 4 is 12.1 Å². The molecule has 0 amide bonds. The van der Waals surface area contributed by atoms with Gasteiger partial charge < -0.3 is 9.52 Å². The van der Waals surface area contributed by atoms with E-state index in [9.17, 15) is 5.11 Å². The van der Waals surface area contributed by atoms with E-state index in [-0.39, 0.29) is 11.6 Å². The SMILES string of the molecule is Cc1ccc(O)c(/C=N/c2oc(C)c(C)c2C#N)c1. The van der Waals surface area contributed by atoms with Crippen LogP contribution in [-0.4, -0.2) is 11.3 Å². The third-order valence-corrected chi connectivity index (χ3v) is 2.98. The van der Waals surface area contributed by atoms with Crippen molar-refractivity contribution in [2.24, 2.45) is 4.99 Å². The van der Waals surface area contributed by atoms with Gasteiger partial charge in [0.25, 0.3) is 0 Å². The average Bonchev–Trinajstić information content (AvgIpc) is 2.66. The Balaban J connectivity index is 2.41. The molecule has 2 rings (SSSR count). The van der Waals surface area contributed by atoms with Gasteiger partial charge in [-0.1, -0.05) is 11.6 Å². The summed E-state index contributed by atoms with van der Waals surface area (Å²) in [5.41, 5.74) is 2.84. The molecule has 0 radical (unpaired) electrons. The van der Waals surface area contributed by atoms with Crippen LogP contribution in [0.4, 0.5) is 5.88 Å². The number of rotatable bonds is 2. The molecule has 1 heterocycles. The maximum absolute atomic E-state index is 9.71. The lowest BCUT2D eigenvalue weighted by Crippen LogP contribution is -1.84. The maximum atomic E-state index is 9.71. The average molecular weight is 254 g/mol. The predicted octanol–water partition coefficient (Wildman–Crippen LogP) is 3.53. The summed E-state index contributed by atoms with van der Waals surface area (Å²) in [5, 5.41) is 18.8. The molecule has 4 heteroatoms. The summed E-state index contributed by atoms with van der Waals surface area (Å²) in [6, 6.07) is 7.32. The van der Waals surface area contributed by atoms with Crippen molar-refractivity contribution in [1.29, 1.82) is 5.26 Å². The fraction of sp³-hybridized carbons (Fsp3) is 0.200. The highest BCUT2D eigenvalue weighted by Crippen LogP contribution is 2.28. The van der Waals surface area contributed by atoms with Crippen LogP contribution in [0.15, 0.2) is 27.6 Å². The van der Waals surface area contributed by atoms with E-state index in [1.165, 1.54) is 6.21 Å². The lowest BCUT2D eigenvalue weighted by Gasteiger charge is -1.99. The molecular formula is C15H14N2O2. The fourth-order valence-corrected chi connectivity index (χ4v) is 1.74.